The average molecular weight is 406 g/mol. The molecule has 0 aliphatic carbocycles. The van der Waals surface area contributed by atoms with Gasteiger partial charge in [-0.25, -0.2) is 13.6 Å². The van der Waals surface area contributed by atoms with E-state index in [0.717, 1.165) is 29.5 Å². The molecule has 0 unspecified atom stereocenters. The molecule has 1 heterocycles. The van der Waals surface area contributed by atoms with Gasteiger partial charge in [-0.1, -0.05) is 12.1 Å². The Morgan fingerprint density at radius 1 is 1.25 bits per heavy atom. The maximum atomic E-state index is 14.7. The molecule has 0 spiro atoms. The van der Waals surface area contributed by atoms with E-state index in [2.05, 4.69) is 0 Å². The lowest BCUT2D eigenvalue weighted by atomic mass is 10.0. The highest BCUT2D eigenvalue weighted by molar-refractivity contribution is 7.12. The number of carbonyl (C=O) groups excluding carboxylic acids is 1. The van der Waals surface area contributed by atoms with Crippen LogP contribution in [0.1, 0.15) is 31.1 Å². The second-order valence-corrected chi connectivity index (χ2v) is 6.35. The number of carboxylic acid groups (broad SMARTS) is 1. The summed E-state index contributed by atoms with van der Waals surface area (Å²) in [5.74, 6) is -4.82. The van der Waals surface area contributed by atoms with Crippen LogP contribution >= 0.6 is 11.3 Å². The normalized spacial score (nSPS) is 12.0. The first-order valence-corrected chi connectivity index (χ1v) is 8.88. The predicted molar refractivity (Wildman–Crippen MR) is 102 cm³/mol. The van der Waals surface area contributed by atoms with Crippen LogP contribution in [0.3, 0.4) is 0 Å². The first-order valence-electron chi connectivity index (χ1n) is 9.50. The third-order valence-electron chi connectivity index (χ3n) is 3.62. The van der Waals surface area contributed by atoms with Crippen molar-refractivity contribution >= 4 is 28.9 Å². The standard InChI is InChI=1S/C20H15F2NO4S/c1-2-27-13-5-3-4-11(8-13)12-9-15(21)17(16(22)10-12)23-19(24)14-6-7-28-18(14)20(25)26/h3-10H,2H2,1H3,(H,23,24)(H,25,26)/i4D,5D,8D. The summed E-state index contributed by atoms with van der Waals surface area (Å²) in [5.41, 5.74) is -1.32. The van der Waals surface area contributed by atoms with E-state index in [0.29, 0.717) is 0 Å². The number of hydrogen-bond donors (Lipinski definition) is 2. The number of hydrogen-bond acceptors (Lipinski definition) is 4. The Balaban J connectivity index is 2.02. The zero-order valence-electron chi connectivity index (χ0n) is 17.4. The minimum absolute atomic E-state index is 0.120. The Kier molecular flexibility index (Phi) is 4.61. The van der Waals surface area contributed by atoms with Gasteiger partial charge in [0.05, 0.1) is 16.3 Å². The fourth-order valence-corrected chi connectivity index (χ4v) is 3.14. The van der Waals surface area contributed by atoms with Crippen LogP contribution in [0, 0.1) is 11.6 Å². The van der Waals surface area contributed by atoms with Gasteiger partial charge in [0, 0.05) is 0 Å². The zero-order valence-corrected chi connectivity index (χ0v) is 15.2. The molecule has 2 aromatic carbocycles. The average Bonchev–Trinajstić information content (AvgIpc) is 3.18. The highest BCUT2D eigenvalue weighted by Gasteiger charge is 2.21. The fraction of sp³-hybridized carbons (Fsp3) is 0.100. The van der Waals surface area contributed by atoms with E-state index < -0.39 is 29.2 Å². The number of amides is 1. The van der Waals surface area contributed by atoms with Gasteiger partial charge < -0.3 is 15.2 Å². The Hall–Kier alpha value is -3.26. The monoisotopic (exact) mass is 406 g/mol. The number of carboxylic acids is 1. The van der Waals surface area contributed by atoms with Gasteiger partial charge in [0.25, 0.3) is 5.91 Å². The minimum Gasteiger partial charge on any atom is -0.494 e. The first-order chi connectivity index (χ1) is 14.6. The maximum Gasteiger partial charge on any atom is 0.346 e. The predicted octanol–water partition coefficient (Wildman–Crippen LogP) is 5.04. The van der Waals surface area contributed by atoms with Crippen LogP contribution in [0.5, 0.6) is 5.75 Å². The summed E-state index contributed by atoms with van der Waals surface area (Å²) < 4.78 is 58.7. The molecule has 144 valence electrons. The van der Waals surface area contributed by atoms with E-state index in [9.17, 15) is 18.4 Å². The van der Waals surface area contributed by atoms with Gasteiger partial charge in [0.2, 0.25) is 0 Å². The molecule has 0 saturated carbocycles. The van der Waals surface area contributed by atoms with E-state index in [1.165, 1.54) is 11.4 Å². The minimum atomic E-state index is -1.34. The SMILES string of the molecule is [2H]c1cc([2H])c(-c2cc(F)c(NC(=O)c3ccsc3C(=O)O)c(F)c2)c([2H])c1OCC. The number of anilines is 1. The van der Waals surface area contributed by atoms with E-state index in [1.807, 2.05) is 5.32 Å². The smallest absolute Gasteiger partial charge is 0.346 e. The third-order valence-corrected chi connectivity index (χ3v) is 4.52. The lowest BCUT2D eigenvalue weighted by Gasteiger charge is -2.11. The highest BCUT2D eigenvalue weighted by Crippen LogP contribution is 2.30. The number of thiophene rings is 1. The number of carbonyl (C=O) groups is 2. The van der Waals surface area contributed by atoms with Gasteiger partial charge in [-0.2, -0.15) is 0 Å². The fourth-order valence-electron chi connectivity index (χ4n) is 2.41. The highest BCUT2D eigenvalue weighted by atomic mass is 32.1. The van der Waals surface area contributed by atoms with Gasteiger partial charge in [0.15, 0.2) is 0 Å². The second kappa shape index (κ2) is 8.18. The molecule has 1 amide bonds. The molecule has 8 heteroatoms. The van der Waals surface area contributed by atoms with E-state index in [-0.39, 0.29) is 52.1 Å². The summed E-state index contributed by atoms with van der Waals surface area (Å²) in [5, 5.41) is 12.5. The molecule has 3 rings (SSSR count). The summed E-state index contributed by atoms with van der Waals surface area (Å²) in [7, 11) is 0. The molecule has 0 saturated heterocycles. The summed E-state index contributed by atoms with van der Waals surface area (Å²) >= 11 is 0.798. The van der Waals surface area contributed by atoms with Crippen molar-refractivity contribution in [1.29, 1.82) is 0 Å². The van der Waals surface area contributed by atoms with Crippen LogP contribution in [0.25, 0.3) is 11.1 Å². The number of ether oxygens (including phenoxy) is 1. The van der Waals surface area contributed by atoms with Gasteiger partial charge in [-0.05, 0) is 53.7 Å². The molecule has 0 aliphatic heterocycles. The summed E-state index contributed by atoms with van der Waals surface area (Å²) in [6, 6.07) is 3.16. The van der Waals surface area contributed by atoms with Crippen molar-refractivity contribution in [2.75, 3.05) is 11.9 Å². The number of aromatic carboxylic acids is 1. The molecule has 0 aliphatic rings. The van der Waals surface area contributed by atoms with Crippen molar-refractivity contribution in [2.24, 2.45) is 0 Å². The molecule has 2 N–H and O–H groups in total. The largest absolute Gasteiger partial charge is 0.494 e. The Bertz CT molecular complexity index is 1180. The molecule has 3 aromatic rings. The van der Waals surface area contributed by atoms with Gasteiger partial charge >= 0.3 is 5.97 Å². The van der Waals surface area contributed by atoms with Crippen LogP contribution < -0.4 is 10.1 Å². The van der Waals surface area contributed by atoms with Crippen molar-refractivity contribution in [3.63, 3.8) is 0 Å². The maximum absolute atomic E-state index is 14.7. The van der Waals surface area contributed by atoms with Crippen LogP contribution in [0.15, 0.2) is 47.8 Å². The topological polar surface area (TPSA) is 75.6 Å². The summed E-state index contributed by atoms with van der Waals surface area (Å²) in [6.07, 6.45) is 0. The van der Waals surface area contributed by atoms with Crippen molar-refractivity contribution in [2.45, 2.75) is 6.92 Å². The lowest BCUT2D eigenvalue weighted by molar-refractivity contribution is 0.0698. The van der Waals surface area contributed by atoms with Crippen molar-refractivity contribution in [1.82, 2.24) is 0 Å². The molecule has 0 atom stereocenters. The second-order valence-electron chi connectivity index (χ2n) is 5.43. The third kappa shape index (κ3) is 4.01. The summed E-state index contributed by atoms with van der Waals surface area (Å²) in [6.45, 7) is 1.80. The van der Waals surface area contributed by atoms with E-state index in [4.69, 9.17) is 14.0 Å². The first kappa shape index (κ1) is 15.8. The summed E-state index contributed by atoms with van der Waals surface area (Å²) in [4.78, 5) is 23.2. The van der Waals surface area contributed by atoms with E-state index >= 15 is 0 Å². The van der Waals surface area contributed by atoms with Crippen LogP contribution in [0.2, 0.25) is 0 Å². The quantitative estimate of drug-likeness (QED) is 0.601. The Labute approximate surface area is 167 Å². The van der Waals surface area contributed by atoms with Crippen LogP contribution in [-0.2, 0) is 0 Å². The molecule has 0 fully saturated rings. The van der Waals surface area contributed by atoms with Crippen molar-refractivity contribution in [3.05, 3.63) is 69.8 Å². The van der Waals surface area contributed by atoms with Crippen LogP contribution in [-0.4, -0.2) is 23.6 Å². The zero-order chi connectivity index (χ0) is 22.9. The van der Waals surface area contributed by atoms with E-state index in [1.54, 1.807) is 6.92 Å². The molecule has 0 bridgehead atoms. The molecule has 1 aromatic heterocycles. The number of rotatable bonds is 6. The van der Waals surface area contributed by atoms with Gasteiger partial charge in [0.1, 0.15) is 27.9 Å². The Morgan fingerprint density at radius 2 is 1.96 bits per heavy atom. The molecule has 28 heavy (non-hydrogen) atoms. The van der Waals surface area contributed by atoms with Crippen LogP contribution in [0.4, 0.5) is 14.5 Å². The number of halogens is 2. The van der Waals surface area contributed by atoms with Crippen molar-refractivity contribution in [3.8, 4) is 16.9 Å². The number of nitrogens with one attached hydrogen (secondary N) is 1. The number of benzene rings is 2. The Morgan fingerprint density at radius 3 is 2.61 bits per heavy atom. The molecule has 5 nitrogen and oxygen atoms in total. The van der Waals surface area contributed by atoms with Crippen molar-refractivity contribution < 1.29 is 32.3 Å². The molecular weight excluding hydrogens is 388 g/mol. The molecule has 0 radical (unpaired) electrons. The van der Waals surface area contributed by atoms with Gasteiger partial charge in [-0.3, -0.25) is 4.79 Å². The molecular formula is C20H15F2NO4S. The lowest BCUT2D eigenvalue weighted by Crippen LogP contribution is -2.16. The van der Waals surface area contributed by atoms with Gasteiger partial charge in [-0.15, -0.1) is 11.3 Å².